The Labute approximate surface area is 259 Å². The number of ether oxygens (including phenoxy) is 5. The second-order valence-corrected chi connectivity index (χ2v) is 12.0. The van der Waals surface area contributed by atoms with Crippen LogP contribution in [-0.4, -0.2) is 148 Å². The van der Waals surface area contributed by atoms with Gasteiger partial charge in [-0.3, -0.25) is 9.80 Å². The number of aromatic amines is 1. The maximum Gasteiger partial charge on any atom is 0.407 e. The number of piperazine rings is 1. The molecule has 2 rings (SSSR count). The van der Waals surface area contributed by atoms with E-state index in [2.05, 4.69) is 36.6 Å². The van der Waals surface area contributed by atoms with Gasteiger partial charge in [-0.25, -0.2) is 9.78 Å². The van der Waals surface area contributed by atoms with E-state index in [1.165, 1.54) is 0 Å². The molecule has 0 unspecified atom stereocenters. The van der Waals surface area contributed by atoms with Crippen molar-refractivity contribution in [3.05, 3.63) is 30.4 Å². The molecule has 0 aromatic carbocycles. The van der Waals surface area contributed by atoms with Crippen molar-refractivity contribution in [2.75, 3.05) is 112 Å². The van der Waals surface area contributed by atoms with E-state index in [4.69, 9.17) is 23.7 Å². The molecule has 1 saturated heterocycles. The minimum absolute atomic E-state index is 0.360. The molecule has 2 N–H and O–H groups in total. The highest BCUT2D eigenvalue weighted by Gasteiger charge is 2.18. The second kappa shape index (κ2) is 22.4. The van der Waals surface area contributed by atoms with Crippen molar-refractivity contribution >= 4 is 6.09 Å². The molecule has 1 aromatic rings. The maximum atomic E-state index is 11.9. The molecule has 1 aliphatic heterocycles. The number of aromatic nitrogens is 2. The average Bonchev–Trinajstić information content (AvgIpc) is 3.46. The number of rotatable bonds is 24. The van der Waals surface area contributed by atoms with Crippen LogP contribution in [0.15, 0.2) is 24.7 Å². The molecule has 0 bridgehead atoms. The van der Waals surface area contributed by atoms with Crippen molar-refractivity contribution in [1.82, 2.24) is 30.0 Å². The molecule has 12 heteroatoms. The van der Waals surface area contributed by atoms with E-state index < -0.39 is 5.60 Å². The minimum atomic E-state index is -0.483. The molecule has 0 aliphatic carbocycles. The molecule has 1 fully saturated rings. The fourth-order valence-electron chi connectivity index (χ4n) is 4.54. The minimum Gasteiger partial charge on any atom is -0.444 e. The van der Waals surface area contributed by atoms with E-state index in [0.29, 0.717) is 52.8 Å². The molecule has 1 aliphatic rings. The molecule has 1 amide bonds. The fourth-order valence-corrected chi connectivity index (χ4v) is 4.54. The van der Waals surface area contributed by atoms with Crippen LogP contribution in [0.3, 0.4) is 0 Å². The molecule has 248 valence electrons. The van der Waals surface area contributed by atoms with Crippen molar-refractivity contribution in [2.24, 2.45) is 0 Å². The van der Waals surface area contributed by atoms with Gasteiger partial charge >= 0.3 is 6.09 Å². The Hall–Kier alpha value is -2.06. The van der Waals surface area contributed by atoms with Gasteiger partial charge in [0.05, 0.1) is 59.2 Å². The monoisotopic (exact) mass is 610 g/mol. The Morgan fingerprint density at radius 1 is 0.930 bits per heavy atom. The first-order valence-electron chi connectivity index (χ1n) is 15.8. The highest BCUT2D eigenvalue weighted by Crippen LogP contribution is 2.08. The normalized spacial score (nSPS) is 14.8. The zero-order valence-corrected chi connectivity index (χ0v) is 27.2. The quantitative estimate of drug-likeness (QED) is 0.134. The van der Waals surface area contributed by atoms with Gasteiger partial charge in [-0.1, -0.05) is 12.2 Å². The number of hydrogen-bond donors (Lipinski definition) is 2. The summed E-state index contributed by atoms with van der Waals surface area (Å²) in [5.41, 5.74) is 1.64. The highest BCUT2D eigenvalue weighted by atomic mass is 16.6. The van der Waals surface area contributed by atoms with Crippen LogP contribution in [0.1, 0.15) is 46.2 Å². The van der Waals surface area contributed by atoms with E-state index in [9.17, 15) is 4.79 Å². The van der Waals surface area contributed by atoms with Crippen molar-refractivity contribution < 1.29 is 28.5 Å². The number of H-pyrrole nitrogens is 1. The molecule has 0 radical (unpaired) electrons. The van der Waals surface area contributed by atoms with E-state index >= 15 is 0 Å². The van der Waals surface area contributed by atoms with E-state index in [0.717, 1.165) is 89.6 Å². The Bertz CT molecular complexity index is 842. The van der Waals surface area contributed by atoms with Gasteiger partial charge < -0.3 is 38.9 Å². The SMILES string of the molecule is C=C(C)COCCOCCOCCOCCN1CCN(CCCN(CCCNC(=O)OC(C)(C)C)Cc2cnc[nH]2)CC1. The number of nitrogens with one attached hydrogen (secondary N) is 2. The molecule has 43 heavy (non-hydrogen) atoms. The standard InChI is InChI=1S/C31H58N6O6/c1-28(2)26-42-23-22-41-21-20-40-19-18-39-17-16-36-14-12-35(13-15-36)10-7-11-37(25-29-24-32-27-34-29)9-6-8-33-30(38)43-31(3,4)5/h24,27H,1,6-23,25-26H2,2-5H3,(H,32,34)(H,33,38). The number of alkyl carbamates (subject to hydrolysis) is 1. The average molecular weight is 611 g/mol. The molecule has 2 heterocycles. The van der Waals surface area contributed by atoms with E-state index in [1.807, 2.05) is 33.9 Å². The van der Waals surface area contributed by atoms with Crippen molar-refractivity contribution in [2.45, 2.75) is 52.7 Å². The van der Waals surface area contributed by atoms with Crippen LogP contribution >= 0.6 is 0 Å². The van der Waals surface area contributed by atoms with Crippen LogP contribution in [-0.2, 0) is 30.2 Å². The molecule has 0 atom stereocenters. The van der Waals surface area contributed by atoms with Gasteiger partial charge in [0, 0.05) is 64.2 Å². The van der Waals surface area contributed by atoms with Crippen LogP contribution in [0.4, 0.5) is 4.79 Å². The third-order valence-corrected chi connectivity index (χ3v) is 6.70. The maximum absolute atomic E-state index is 11.9. The lowest BCUT2D eigenvalue weighted by molar-refractivity contribution is -0.00334. The van der Waals surface area contributed by atoms with Crippen LogP contribution in [0, 0.1) is 0 Å². The molecular weight excluding hydrogens is 552 g/mol. The Kier molecular flexibility index (Phi) is 19.4. The highest BCUT2D eigenvalue weighted by molar-refractivity contribution is 5.67. The van der Waals surface area contributed by atoms with Gasteiger partial charge in [0.25, 0.3) is 0 Å². The lowest BCUT2D eigenvalue weighted by Gasteiger charge is -2.35. The lowest BCUT2D eigenvalue weighted by atomic mass is 10.2. The summed E-state index contributed by atoms with van der Waals surface area (Å²) in [6.45, 7) is 25.8. The Balaban J connectivity index is 1.47. The zero-order valence-electron chi connectivity index (χ0n) is 27.2. The molecule has 12 nitrogen and oxygen atoms in total. The summed E-state index contributed by atoms with van der Waals surface area (Å²) in [4.78, 5) is 26.7. The van der Waals surface area contributed by atoms with Gasteiger partial charge in [0.1, 0.15) is 5.60 Å². The first kappa shape index (κ1) is 37.1. The first-order chi connectivity index (χ1) is 20.7. The lowest BCUT2D eigenvalue weighted by Crippen LogP contribution is -2.47. The van der Waals surface area contributed by atoms with Crippen LogP contribution in [0.5, 0.6) is 0 Å². The first-order valence-corrected chi connectivity index (χ1v) is 15.8. The second-order valence-electron chi connectivity index (χ2n) is 12.0. The summed E-state index contributed by atoms with van der Waals surface area (Å²) in [6, 6.07) is 0. The number of carbonyl (C=O) groups is 1. The van der Waals surface area contributed by atoms with Crippen molar-refractivity contribution in [1.29, 1.82) is 0 Å². The molecule has 1 aromatic heterocycles. The summed E-state index contributed by atoms with van der Waals surface area (Å²) < 4.78 is 27.5. The summed E-state index contributed by atoms with van der Waals surface area (Å²) >= 11 is 0. The number of nitrogens with zero attached hydrogens (tertiary/aromatic N) is 4. The topological polar surface area (TPSA) is 114 Å². The van der Waals surface area contributed by atoms with Crippen LogP contribution in [0.2, 0.25) is 0 Å². The molecule has 0 spiro atoms. The van der Waals surface area contributed by atoms with Gasteiger partial charge in [-0.2, -0.15) is 0 Å². The third-order valence-electron chi connectivity index (χ3n) is 6.70. The predicted molar refractivity (Wildman–Crippen MR) is 168 cm³/mol. The fraction of sp³-hybridized carbons (Fsp3) is 0.806. The van der Waals surface area contributed by atoms with E-state index in [-0.39, 0.29) is 6.09 Å². The van der Waals surface area contributed by atoms with Crippen molar-refractivity contribution in [3.63, 3.8) is 0 Å². The summed E-state index contributed by atoms with van der Waals surface area (Å²) in [6.07, 6.45) is 5.20. The zero-order chi connectivity index (χ0) is 31.2. The van der Waals surface area contributed by atoms with Gasteiger partial charge in [0.2, 0.25) is 0 Å². The number of hydrogen-bond acceptors (Lipinski definition) is 10. The predicted octanol–water partition coefficient (Wildman–Crippen LogP) is 2.78. The summed E-state index contributed by atoms with van der Waals surface area (Å²) in [5, 5.41) is 2.86. The van der Waals surface area contributed by atoms with Crippen LogP contribution < -0.4 is 5.32 Å². The Morgan fingerprint density at radius 3 is 2.09 bits per heavy atom. The van der Waals surface area contributed by atoms with Crippen LogP contribution in [0.25, 0.3) is 0 Å². The number of carbonyl (C=O) groups excluding carboxylic acids is 1. The Morgan fingerprint density at radius 2 is 1.51 bits per heavy atom. The van der Waals surface area contributed by atoms with Gasteiger partial charge in [0.15, 0.2) is 0 Å². The smallest absolute Gasteiger partial charge is 0.407 e. The van der Waals surface area contributed by atoms with Crippen molar-refractivity contribution in [3.8, 4) is 0 Å². The number of imidazole rings is 1. The van der Waals surface area contributed by atoms with Gasteiger partial charge in [-0.15, -0.1) is 0 Å². The van der Waals surface area contributed by atoms with E-state index in [1.54, 1.807) is 6.33 Å². The molecule has 0 saturated carbocycles. The number of amides is 1. The third kappa shape index (κ3) is 20.5. The molecular formula is C31H58N6O6. The van der Waals surface area contributed by atoms with Gasteiger partial charge in [-0.05, 0) is 53.6 Å². The summed E-state index contributed by atoms with van der Waals surface area (Å²) in [5.74, 6) is 0. The summed E-state index contributed by atoms with van der Waals surface area (Å²) in [7, 11) is 0. The largest absolute Gasteiger partial charge is 0.444 e.